The monoisotopic (exact) mass is 236 g/mol. The molecule has 17 heavy (non-hydrogen) atoms. The third kappa shape index (κ3) is 5.13. The maximum atomic E-state index is 4.21. The number of aryl methyl sites for hydroxylation is 1. The lowest BCUT2D eigenvalue weighted by Crippen LogP contribution is -2.25. The first-order valence-corrected chi connectivity index (χ1v) is 6.57. The number of aromatic nitrogens is 2. The Balaban J connectivity index is 2.26. The molecule has 1 rings (SSSR count). The summed E-state index contributed by atoms with van der Waals surface area (Å²) in [6, 6.07) is 2.03. The molecule has 0 aromatic carbocycles. The molecule has 1 aromatic rings. The minimum Gasteiger partial charge on any atom is -0.370 e. The molecule has 96 valence electrons. The zero-order valence-corrected chi connectivity index (χ0v) is 11.2. The Labute approximate surface area is 104 Å². The summed E-state index contributed by atoms with van der Waals surface area (Å²) in [6.45, 7) is 10.9. The van der Waals surface area contributed by atoms with E-state index in [1.807, 2.05) is 6.07 Å². The molecule has 4 heteroatoms. The molecule has 1 heterocycles. The number of hydrogen-bond acceptors (Lipinski definition) is 4. The van der Waals surface area contributed by atoms with Gasteiger partial charge in [-0.1, -0.05) is 20.8 Å². The second kappa shape index (κ2) is 8.01. The van der Waals surface area contributed by atoms with Crippen LogP contribution in [-0.2, 0) is 6.42 Å². The summed E-state index contributed by atoms with van der Waals surface area (Å²) >= 11 is 0. The summed E-state index contributed by atoms with van der Waals surface area (Å²) in [5.74, 6) is 0.941. The maximum absolute atomic E-state index is 4.21. The van der Waals surface area contributed by atoms with E-state index < -0.39 is 0 Å². The van der Waals surface area contributed by atoms with E-state index in [0.29, 0.717) is 0 Å². The fraction of sp³-hybridized carbons (Fsp3) is 0.692. The van der Waals surface area contributed by atoms with Crippen molar-refractivity contribution in [1.29, 1.82) is 0 Å². The van der Waals surface area contributed by atoms with Crippen LogP contribution in [0.3, 0.4) is 0 Å². The van der Waals surface area contributed by atoms with Gasteiger partial charge in [0.25, 0.3) is 0 Å². The Bertz CT molecular complexity index is 310. The molecule has 0 amide bonds. The van der Waals surface area contributed by atoms with Crippen LogP contribution >= 0.6 is 0 Å². The van der Waals surface area contributed by atoms with Gasteiger partial charge < -0.3 is 10.2 Å². The van der Waals surface area contributed by atoms with Crippen LogP contribution in [0.2, 0.25) is 0 Å². The van der Waals surface area contributed by atoms with E-state index >= 15 is 0 Å². The van der Waals surface area contributed by atoms with Crippen LogP contribution < -0.4 is 5.32 Å². The van der Waals surface area contributed by atoms with E-state index in [1.165, 1.54) is 0 Å². The van der Waals surface area contributed by atoms with Gasteiger partial charge in [0.15, 0.2) is 0 Å². The third-order valence-electron chi connectivity index (χ3n) is 2.94. The quantitative estimate of drug-likeness (QED) is 0.702. The van der Waals surface area contributed by atoms with Gasteiger partial charge in [-0.05, 0) is 32.5 Å². The first-order chi connectivity index (χ1) is 8.30. The highest BCUT2D eigenvalue weighted by Gasteiger charge is 1.99. The predicted octanol–water partition coefficient (Wildman–Crippen LogP) is 2.18. The first-order valence-electron chi connectivity index (χ1n) is 6.57. The second-order valence-corrected chi connectivity index (χ2v) is 4.06. The molecule has 1 N–H and O–H groups in total. The summed E-state index contributed by atoms with van der Waals surface area (Å²) in [7, 11) is 0. The van der Waals surface area contributed by atoms with E-state index in [9.17, 15) is 0 Å². The van der Waals surface area contributed by atoms with Crippen molar-refractivity contribution >= 4 is 5.82 Å². The first kappa shape index (κ1) is 13.9. The van der Waals surface area contributed by atoms with Gasteiger partial charge in [0.05, 0.1) is 0 Å². The highest BCUT2D eigenvalue weighted by Crippen LogP contribution is 2.04. The standard InChI is InChI=1S/C13H24N4/c1-4-12-10-13(16-11-15-12)14-8-7-9-17(5-2)6-3/h10-11H,4-9H2,1-3H3,(H,14,15,16). The lowest BCUT2D eigenvalue weighted by molar-refractivity contribution is 0.303. The summed E-state index contributed by atoms with van der Waals surface area (Å²) in [5.41, 5.74) is 1.09. The van der Waals surface area contributed by atoms with Crippen molar-refractivity contribution in [2.45, 2.75) is 33.6 Å². The molecule has 0 aliphatic heterocycles. The Hall–Kier alpha value is -1.16. The van der Waals surface area contributed by atoms with E-state index in [4.69, 9.17) is 0 Å². The molecule has 0 bridgehead atoms. The summed E-state index contributed by atoms with van der Waals surface area (Å²) < 4.78 is 0. The summed E-state index contributed by atoms with van der Waals surface area (Å²) in [6.07, 6.45) is 3.73. The minimum atomic E-state index is 0.941. The molecular formula is C13H24N4. The average molecular weight is 236 g/mol. The van der Waals surface area contributed by atoms with Gasteiger partial charge in [-0.2, -0.15) is 0 Å². The van der Waals surface area contributed by atoms with Crippen molar-refractivity contribution in [2.75, 3.05) is 31.5 Å². The smallest absolute Gasteiger partial charge is 0.129 e. The van der Waals surface area contributed by atoms with Crippen LogP contribution in [0, 0.1) is 0 Å². The topological polar surface area (TPSA) is 41.0 Å². The van der Waals surface area contributed by atoms with Crippen molar-refractivity contribution in [2.24, 2.45) is 0 Å². The molecule has 1 aromatic heterocycles. The van der Waals surface area contributed by atoms with Gasteiger partial charge in [-0.15, -0.1) is 0 Å². The van der Waals surface area contributed by atoms with Gasteiger partial charge in [0.1, 0.15) is 12.1 Å². The molecule has 0 saturated carbocycles. The Morgan fingerprint density at radius 1 is 1.18 bits per heavy atom. The molecule has 0 radical (unpaired) electrons. The SMILES string of the molecule is CCc1cc(NCCCN(CC)CC)ncn1. The highest BCUT2D eigenvalue weighted by atomic mass is 15.1. The van der Waals surface area contributed by atoms with Crippen molar-refractivity contribution in [3.05, 3.63) is 18.1 Å². The van der Waals surface area contributed by atoms with Gasteiger partial charge in [0.2, 0.25) is 0 Å². The van der Waals surface area contributed by atoms with Crippen LogP contribution in [0.15, 0.2) is 12.4 Å². The number of anilines is 1. The number of nitrogens with one attached hydrogen (secondary N) is 1. The van der Waals surface area contributed by atoms with E-state index in [2.05, 4.69) is 41.0 Å². The molecule has 0 aliphatic carbocycles. The molecule has 0 aliphatic rings. The van der Waals surface area contributed by atoms with Crippen LogP contribution in [0.4, 0.5) is 5.82 Å². The third-order valence-corrected chi connectivity index (χ3v) is 2.94. The van der Waals surface area contributed by atoms with Crippen LogP contribution in [0.5, 0.6) is 0 Å². The normalized spacial score (nSPS) is 10.8. The molecule has 0 saturated heterocycles. The number of rotatable bonds is 8. The predicted molar refractivity (Wildman–Crippen MR) is 72.3 cm³/mol. The fourth-order valence-corrected chi connectivity index (χ4v) is 1.75. The maximum Gasteiger partial charge on any atom is 0.129 e. The fourth-order valence-electron chi connectivity index (χ4n) is 1.75. The highest BCUT2D eigenvalue weighted by molar-refractivity contribution is 5.34. The molecule has 0 fully saturated rings. The summed E-state index contributed by atoms with van der Waals surface area (Å²) in [5, 5.41) is 3.35. The molecule has 4 nitrogen and oxygen atoms in total. The molecule has 0 spiro atoms. The van der Waals surface area contributed by atoms with Gasteiger partial charge in [-0.25, -0.2) is 9.97 Å². The van der Waals surface area contributed by atoms with Crippen molar-refractivity contribution in [3.63, 3.8) is 0 Å². The Morgan fingerprint density at radius 3 is 2.59 bits per heavy atom. The largest absolute Gasteiger partial charge is 0.370 e. The van der Waals surface area contributed by atoms with E-state index in [0.717, 1.165) is 50.5 Å². The van der Waals surface area contributed by atoms with Gasteiger partial charge >= 0.3 is 0 Å². The zero-order valence-electron chi connectivity index (χ0n) is 11.2. The minimum absolute atomic E-state index is 0.941. The second-order valence-electron chi connectivity index (χ2n) is 4.06. The lowest BCUT2D eigenvalue weighted by Gasteiger charge is -2.17. The number of hydrogen-bond donors (Lipinski definition) is 1. The average Bonchev–Trinajstić information content (AvgIpc) is 2.39. The Kier molecular flexibility index (Phi) is 6.55. The molecule has 0 unspecified atom stereocenters. The van der Waals surface area contributed by atoms with Gasteiger partial charge in [0, 0.05) is 18.3 Å². The number of nitrogens with zero attached hydrogens (tertiary/aromatic N) is 3. The molecule has 0 atom stereocenters. The van der Waals surface area contributed by atoms with Crippen LogP contribution in [0.25, 0.3) is 0 Å². The molecular weight excluding hydrogens is 212 g/mol. The Morgan fingerprint density at radius 2 is 1.94 bits per heavy atom. The van der Waals surface area contributed by atoms with Crippen LogP contribution in [-0.4, -0.2) is 41.0 Å². The zero-order chi connectivity index (χ0) is 12.5. The van der Waals surface area contributed by atoms with Crippen molar-refractivity contribution < 1.29 is 0 Å². The lowest BCUT2D eigenvalue weighted by atomic mass is 10.3. The van der Waals surface area contributed by atoms with Crippen molar-refractivity contribution in [1.82, 2.24) is 14.9 Å². The van der Waals surface area contributed by atoms with Crippen molar-refractivity contribution in [3.8, 4) is 0 Å². The van der Waals surface area contributed by atoms with E-state index in [-0.39, 0.29) is 0 Å². The van der Waals surface area contributed by atoms with E-state index in [1.54, 1.807) is 6.33 Å². The van der Waals surface area contributed by atoms with Gasteiger partial charge in [-0.3, -0.25) is 0 Å². The van der Waals surface area contributed by atoms with Crippen LogP contribution in [0.1, 0.15) is 32.9 Å². The summed E-state index contributed by atoms with van der Waals surface area (Å²) in [4.78, 5) is 10.8.